The van der Waals surface area contributed by atoms with Crippen LogP contribution in [0.4, 0.5) is 4.79 Å². The molecule has 0 aromatic carbocycles. The molecule has 20 heavy (non-hydrogen) atoms. The third kappa shape index (κ3) is 4.54. The summed E-state index contributed by atoms with van der Waals surface area (Å²) in [4.78, 5) is 31.2. The van der Waals surface area contributed by atoms with Gasteiger partial charge in [0.2, 0.25) is 0 Å². The van der Waals surface area contributed by atoms with Crippen LogP contribution in [0.1, 0.15) is 12.6 Å². The highest BCUT2D eigenvalue weighted by molar-refractivity contribution is 5.82. The second-order valence-electron chi connectivity index (χ2n) is 4.54. The standard InChI is InChI=1S/C12H20N4O4/c1-8(6-20-3)16(2)12(19)15-10(11(17)18)4-9-5-13-7-14-9/h5,7-8,10H,4,6H2,1-3H3,(H,13,14)(H,15,19)(H,17,18)/t8?,10-/m0/s1. The molecule has 1 rings (SSSR count). The largest absolute Gasteiger partial charge is 0.480 e. The van der Waals surface area contributed by atoms with Crippen molar-refractivity contribution >= 4 is 12.0 Å². The highest BCUT2D eigenvalue weighted by atomic mass is 16.5. The number of hydrogen-bond acceptors (Lipinski definition) is 4. The first-order chi connectivity index (χ1) is 9.45. The third-order valence-corrected chi connectivity index (χ3v) is 2.96. The number of rotatable bonds is 7. The van der Waals surface area contributed by atoms with E-state index in [2.05, 4.69) is 15.3 Å². The van der Waals surface area contributed by atoms with Crippen LogP contribution in [-0.4, -0.2) is 64.8 Å². The summed E-state index contributed by atoms with van der Waals surface area (Å²) in [5.41, 5.74) is 0.644. The number of aromatic nitrogens is 2. The van der Waals surface area contributed by atoms with E-state index in [1.165, 1.54) is 17.4 Å². The Kier molecular flexibility index (Phi) is 5.98. The zero-order valence-corrected chi connectivity index (χ0v) is 11.8. The Hall–Kier alpha value is -2.09. The smallest absolute Gasteiger partial charge is 0.326 e. The van der Waals surface area contributed by atoms with E-state index in [0.29, 0.717) is 12.3 Å². The zero-order valence-electron chi connectivity index (χ0n) is 11.8. The number of carbonyl (C=O) groups excluding carboxylic acids is 1. The number of hydrogen-bond donors (Lipinski definition) is 3. The van der Waals surface area contributed by atoms with Crippen LogP contribution in [0.15, 0.2) is 12.5 Å². The number of urea groups is 1. The number of imidazole rings is 1. The lowest BCUT2D eigenvalue weighted by molar-refractivity contribution is -0.139. The van der Waals surface area contributed by atoms with E-state index in [0.717, 1.165) is 0 Å². The van der Waals surface area contributed by atoms with Gasteiger partial charge in [0.1, 0.15) is 6.04 Å². The Labute approximate surface area is 117 Å². The SMILES string of the molecule is COCC(C)N(C)C(=O)N[C@@H](Cc1cnc[nH]1)C(=O)O. The molecule has 1 aromatic heterocycles. The van der Waals surface area contributed by atoms with E-state index in [4.69, 9.17) is 9.84 Å². The van der Waals surface area contributed by atoms with E-state index in [1.54, 1.807) is 14.2 Å². The lowest BCUT2D eigenvalue weighted by Crippen LogP contribution is -2.50. The van der Waals surface area contributed by atoms with Gasteiger partial charge in [-0.05, 0) is 6.92 Å². The number of carboxylic acid groups (broad SMARTS) is 1. The lowest BCUT2D eigenvalue weighted by Gasteiger charge is -2.26. The minimum absolute atomic E-state index is 0.146. The Morgan fingerprint density at radius 2 is 2.30 bits per heavy atom. The van der Waals surface area contributed by atoms with Crippen molar-refractivity contribution < 1.29 is 19.4 Å². The number of amides is 2. The van der Waals surface area contributed by atoms with Crippen molar-refractivity contribution in [3.8, 4) is 0 Å². The molecule has 0 fully saturated rings. The van der Waals surface area contributed by atoms with Crippen molar-refractivity contribution in [3.05, 3.63) is 18.2 Å². The molecule has 0 spiro atoms. The molecule has 1 aromatic rings. The van der Waals surface area contributed by atoms with Crippen LogP contribution < -0.4 is 5.32 Å². The van der Waals surface area contributed by atoms with E-state index in [1.807, 2.05) is 6.92 Å². The number of H-pyrrole nitrogens is 1. The van der Waals surface area contributed by atoms with Crippen molar-refractivity contribution in [2.45, 2.75) is 25.4 Å². The summed E-state index contributed by atoms with van der Waals surface area (Å²) in [6, 6.07) is -1.62. The summed E-state index contributed by atoms with van der Waals surface area (Å²) in [5, 5.41) is 11.6. The maximum atomic E-state index is 12.0. The molecular formula is C12H20N4O4. The first kappa shape index (κ1) is 16.0. The van der Waals surface area contributed by atoms with Gasteiger partial charge < -0.3 is 25.0 Å². The molecule has 8 heteroatoms. The van der Waals surface area contributed by atoms with E-state index >= 15 is 0 Å². The number of aromatic amines is 1. The molecule has 0 radical (unpaired) electrons. The lowest BCUT2D eigenvalue weighted by atomic mass is 10.1. The fourth-order valence-corrected chi connectivity index (χ4v) is 1.62. The number of aliphatic carboxylic acids is 1. The van der Waals surface area contributed by atoms with Crippen molar-refractivity contribution in [1.82, 2.24) is 20.2 Å². The Balaban J connectivity index is 2.61. The number of ether oxygens (including phenoxy) is 1. The van der Waals surface area contributed by atoms with Crippen molar-refractivity contribution in [3.63, 3.8) is 0 Å². The van der Waals surface area contributed by atoms with Crippen LogP contribution in [0, 0.1) is 0 Å². The number of carbonyl (C=O) groups is 2. The molecule has 0 saturated heterocycles. The molecule has 0 aliphatic carbocycles. The third-order valence-electron chi connectivity index (χ3n) is 2.96. The summed E-state index contributed by atoms with van der Waals surface area (Å²) >= 11 is 0. The number of nitrogens with zero attached hydrogens (tertiary/aromatic N) is 2. The molecule has 0 aliphatic rings. The van der Waals surface area contributed by atoms with Gasteiger partial charge in [0.25, 0.3) is 0 Å². The zero-order chi connectivity index (χ0) is 15.1. The van der Waals surface area contributed by atoms with Gasteiger partial charge in [-0.2, -0.15) is 0 Å². The van der Waals surface area contributed by atoms with Crippen LogP contribution in [0.3, 0.4) is 0 Å². The van der Waals surface area contributed by atoms with Crippen LogP contribution in [0.5, 0.6) is 0 Å². The maximum Gasteiger partial charge on any atom is 0.326 e. The van der Waals surface area contributed by atoms with E-state index < -0.39 is 18.0 Å². The molecule has 2 amide bonds. The molecule has 1 heterocycles. The van der Waals surface area contributed by atoms with Crippen LogP contribution in [0.2, 0.25) is 0 Å². The van der Waals surface area contributed by atoms with Crippen LogP contribution in [-0.2, 0) is 16.0 Å². The summed E-state index contributed by atoms with van der Waals surface area (Å²) in [6.45, 7) is 2.19. The molecule has 112 valence electrons. The van der Waals surface area contributed by atoms with Gasteiger partial charge in [0.15, 0.2) is 0 Å². The molecule has 8 nitrogen and oxygen atoms in total. The normalized spacial score (nSPS) is 13.6. The fourth-order valence-electron chi connectivity index (χ4n) is 1.62. The maximum absolute atomic E-state index is 12.0. The first-order valence-electron chi connectivity index (χ1n) is 6.18. The number of methoxy groups -OCH3 is 1. The van der Waals surface area contributed by atoms with Gasteiger partial charge in [-0.1, -0.05) is 0 Å². The second-order valence-corrected chi connectivity index (χ2v) is 4.54. The van der Waals surface area contributed by atoms with Crippen molar-refractivity contribution in [2.75, 3.05) is 20.8 Å². The molecule has 0 bridgehead atoms. The molecule has 3 N–H and O–H groups in total. The Morgan fingerprint density at radius 1 is 1.60 bits per heavy atom. The van der Waals surface area contributed by atoms with Crippen LogP contribution >= 0.6 is 0 Å². The highest BCUT2D eigenvalue weighted by Crippen LogP contribution is 2.02. The van der Waals surface area contributed by atoms with Gasteiger partial charge >= 0.3 is 12.0 Å². The summed E-state index contributed by atoms with van der Waals surface area (Å²) < 4.78 is 4.96. The summed E-state index contributed by atoms with van der Waals surface area (Å²) in [7, 11) is 3.13. The summed E-state index contributed by atoms with van der Waals surface area (Å²) in [6.07, 6.45) is 3.13. The number of likely N-dealkylation sites (N-methyl/N-ethyl adjacent to an activating group) is 1. The predicted molar refractivity (Wildman–Crippen MR) is 71.3 cm³/mol. The Morgan fingerprint density at radius 3 is 2.80 bits per heavy atom. The minimum atomic E-state index is -1.10. The van der Waals surface area contributed by atoms with Crippen LogP contribution in [0.25, 0.3) is 0 Å². The van der Waals surface area contributed by atoms with E-state index in [9.17, 15) is 9.59 Å². The quantitative estimate of drug-likeness (QED) is 0.657. The second kappa shape index (κ2) is 7.49. The molecule has 0 aliphatic heterocycles. The average Bonchev–Trinajstić information content (AvgIpc) is 2.90. The summed E-state index contributed by atoms with van der Waals surface area (Å²) in [5.74, 6) is -1.10. The minimum Gasteiger partial charge on any atom is -0.480 e. The van der Waals surface area contributed by atoms with E-state index in [-0.39, 0.29) is 12.5 Å². The van der Waals surface area contributed by atoms with Crippen molar-refractivity contribution in [2.24, 2.45) is 0 Å². The molecule has 1 unspecified atom stereocenters. The number of nitrogens with one attached hydrogen (secondary N) is 2. The molecule has 0 saturated carbocycles. The topological polar surface area (TPSA) is 108 Å². The Bertz CT molecular complexity index is 435. The van der Waals surface area contributed by atoms with Crippen molar-refractivity contribution in [1.29, 1.82) is 0 Å². The van der Waals surface area contributed by atoms with Gasteiger partial charge in [-0.3, -0.25) is 0 Å². The van der Waals surface area contributed by atoms with Gasteiger partial charge in [-0.25, -0.2) is 14.6 Å². The molecular weight excluding hydrogens is 264 g/mol. The van der Waals surface area contributed by atoms with Gasteiger partial charge in [-0.15, -0.1) is 0 Å². The average molecular weight is 284 g/mol. The monoisotopic (exact) mass is 284 g/mol. The van der Waals surface area contributed by atoms with Gasteiger partial charge in [0.05, 0.1) is 19.0 Å². The number of carboxylic acids is 1. The predicted octanol–water partition coefficient (Wildman–Crippen LogP) is 0.0817. The fraction of sp³-hybridized carbons (Fsp3) is 0.583. The highest BCUT2D eigenvalue weighted by Gasteiger charge is 2.24. The first-order valence-corrected chi connectivity index (χ1v) is 6.18. The molecule has 2 atom stereocenters. The van der Waals surface area contributed by atoms with Gasteiger partial charge in [0, 0.05) is 32.5 Å².